The van der Waals surface area contributed by atoms with Gasteiger partial charge in [-0.25, -0.2) is 0 Å². The SMILES string of the molecule is CCC1CSC(=NCC(C)(C)CC)N1. The third kappa shape index (κ3) is 3.52. The lowest BCUT2D eigenvalue weighted by atomic mass is 9.91. The maximum atomic E-state index is 4.63. The van der Waals surface area contributed by atoms with Crippen molar-refractivity contribution in [1.82, 2.24) is 5.32 Å². The van der Waals surface area contributed by atoms with E-state index < -0.39 is 0 Å². The van der Waals surface area contributed by atoms with Gasteiger partial charge in [-0.2, -0.15) is 0 Å². The van der Waals surface area contributed by atoms with Crippen LogP contribution in [0.3, 0.4) is 0 Å². The molecule has 0 spiro atoms. The van der Waals surface area contributed by atoms with E-state index in [9.17, 15) is 0 Å². The summed E-state index contributed by atoms with van der Waals surface area (Å²) in [4.78, 5) is 4.63. The van der Waals surface area contributed by atoms with E-state index in [4.69, 9.17) is 0 Å². The van der Waals surface area contributed by atoms with Crippen LogP contribution in [0.5, 0.6) is 0 Å². The fourth-order valence-corrected chi connectivity index (χ4v) is 2.23. The number of hydrogen-bond acceptors (Lipinski definition) is 2. The third-order valence-electron chi connectivity index (χ3n) is 2.85. The highest BCUT2D eigenvalue weighted by atomic mass is 32.2. The van der Waals surface area contributed by atoms with Gasteiger partial charge in [-0.1, -0.05) is 39.5 Å². The number of thioether (sulfide) groups is 1. The molecule has 0 amide bonds. The Labute approximate surface area is 92.0 Å². The molecule has 0 aliphatic carbocycles. The zero-order valence-corrected chi connectivity index (χ0v) is 10.6. The Morgan fingerprint density at radius 2 is 2.21 bits per heavy atom. The molecule has 3 heteroatoms. The molecular weight excluding hydrogens is 192 g/mol. The maximum Gasteiger partial charge on any atom is 0.156 e. The van der Waals surface area contributed by atoms with E-state index in [2.05, 4.69) is 38.0 Å². The van der Waals surface area contributed by atoms with Crippen LogP contribution in [-0.4, -0.2) is 23.5 Å². The molecule has 0 aromatic carbocycles. The molecule has 82 valence electrons. The number of hydrogen-bond donors (Lipinski definition) is 1. The molecule has 0 aromatic rings. The quantitative estimate of drug-likeness (QED) is 0.778. The molecule has 0 radical (unpaired) electrons. The van der Waals surface area contributed by atoms with Crippen molar-refractivity contribution in [2.45, 2.75) is 46.6 Å². The van der Waals surface area contributed by atoms with Crippen molar-refractivity contribution >= 4 is 16.9 Å². The topological polar surface area (TPSA) is 24.4 Å². The van der Waals surface area contributed by atoms with Gasteiger partial charge in [-0.3, -0.25) is 4.99 Å². The predicted molar refractivity (Wildman–Crippen MR) is 66.0 cm³/mol. The van der Waals surface area contributed by atoms with Crippen LogP contribution >= 0.6 is 11.8 Å². The smallest absolute Gasteiger partial charge is 0.156 e. The van der Waals surface area contributed by atoms with Gasteiger partial charge in [0.2, 0.25) is 0 Å². The number of nitrogens with one attached hydrogen (secondary N) is 1. The summed E-state index contributed by atoms with van der Waals surface area (Å²) in [5.74, 6) is 1.18. The Kier molecular flexibility index (Phi) is 4.30. The molecule has 0 aromatic heterocycles. The van der Waals surface area contributed by atoms with Crippen molar-refractivity contribution in [2.24, 2.45) is 10.4 Å². The van der Waals surface area contributed by atoms with Crippen LogP contribution in [0.25, 0.3) is 0 Å². The summed E-state index contributed by atoms with van der Waals surface area (Å²) in [5, 5.41) is 4.60. The molecule has 1 N–H and O–H groups in total. The second kappa shape index (κ2) is 5.06. The van der Waals surface area contributed by atoms with Crippen LogP contribution in [-0.2, 0) is 0 Å². The molecule has 0 bridgehead atoms. The summed E-state index contributed by atoms with van der Waals surface area (Å²) in [5.41, 5.74) is 0.347. The number of rotatable bonds is 4. The van der Waals surface area contributed by atoms with Gasteiger partial charge in [0.05, 0.1) is 0 Å². The Bertz CT molecular complexity index is 211. The van der Waals surface area contributed by atoms with Crippen LogP contribution in [0.1, 0.15) is 40.5 Å². The Morgan fingerprint density at radius 1 is 1.50 bits per heavy atom. The van der Waals surface area contributed by atoms with Crippen molar-refractivity contribution in [3.8, 4) is 0 Å². The Morgan fingerprint density at radius 3 is 2.71 bits per heavy atom. The van der Waals surface area contributed by atoms with Crippen LogP contribution in [0.15, 0.2) is 4.99 Å². The van der Waals surface area contributed by atoms with E-state index in [1.165, 1.54) is 18.6 Å². The highest BCUT2D eigenvalue weighted by Gasteiger charge is 2.20. The summed E-state index contributed by atoms with van der Waals surface area (Å²) in [6.45, 7) is 9.93. The number of amidine groups is 1. The second-order valence-electron chi connectivity index (χ2n) is 4.70. The summed E-state index contributed by atoms with van der Waals surface area (Å²) in [6, 6.07) is 0.642. The summed E-state index contributed by atoms with van der Waals surface area (Å²) in [6.07, 6.45) is 2.38. The number of nitrogens with zero attached hydrogens (tertiary/aromatic N) is 1. The van der Waals surface area contributed by atoms with Gasteiger partial charge >= 0.3 is 0 Å². The van der Waals surface area contributed by atoms with Gasteiger partial charge in [-0.15, -0.1) is 0 Å². The van der Waals surface area contributed by atoms with Crippen molar-refractivity contribution in [2.75, 3.05) is 12.3 Å². The van der Waals surface area contributed by atoms with Gasteiger partial charge in [0, 0.05) is 18.3 Å². The van der Waals surface area contributed by atoms with Crippen molar-refractivity contribution < 1.29 is 0 Å². The molecule has 1 saturated heterocycles. The third-order valence-corrected chi connectivity index (χ3v) is 3.94. The van der Waals surface area contributed by atoms with E-state index in [1.54, 1.807) is 0 Å². The van der Waals surface area contributed by atoms with E-state index >= 15 is 0 Å². The van der Waals surface area contributed by atoms with Crippen LogP contribution in [0, 0.1) is 5.41 Å². The van der Waals surface area contributed by atoms with Crippen molar-refractivity contribution in [3.05, 3.63) is 0 Å². The summed E-state index contributed by atoms with van der Waals surface area (Å²) >= 11 is 1.87. The highest BCUT2D eigenvalue weighted by Crippen LogP contribution is 2.22. The largest absolute Gasteiger partial charge is 0.361 e. The highest BCUT2D eigenvalue weighted by molar-refractivity contribution is 8.14. The first-order valence-electron chi connectivity index (χ1n) is 5.51. The summed E-state index contributed by atoms with van der Waals surface area (Å²) in [7, 11) is 0. The average Bonchev–Trinajstić information content (AvgIpc) is 2.63. The van der Waals surface area contributed by atoms with Crippen LogP contribution in [0.2, 0.25) is 0 Å². The minimum Gasteiger partial charge on any atom is -0.361 e. The normalized spacial score (nSPS) is 25.4. The average molecular weight is 214 g/mol. The Balaban J connectivity index is 2.39. The fraction of sp³-hybridized carbons (Fsp3) is 0.909. The first-order valence-corrected chi connectivity index (χ1v) is 6.49. The van der Waals surface area contributed by atoms with Crippen molar-refractivity contribution in [3.63, 3.8) is 0 Å². The second-order valence-corrected chi connectivity index (χ2v) is 5.71. The van der Waals surface area contributed by atoms with Crippen molar-refractivity contribution in [1.29, 1.82) is 0 Å². The van der Waals surface area contributed by atoms with Gasteiger partial charge in [0.1, 0.15) is 0 Å². The molecule has 1 aliphatic rings. The minimum atomic E-state index is 0.347. The molecule has 0 saturated carbocycles. The molecule has 1 aliphatic heterocycles. The monoisotopic (exact) mass is 214 g/mol. The van der Waals surface area contributed by atoms with Crippen LogP contribution in [0.4, 0.5) is 0 Å². The lowest BCUT2D eigenvalue weighted by molar-refractivity contribution is 0.366. The molecule has 1 rings (SSSR count). The molecule has 1 unspecified atom stereocenters. The molecular formula is C11H22N2S. The minimum absolute atomic E-state index is 0.347. The first kappa shape index (κ1) is 11.9. The van der Waals surface area contributed by atoms with Crippen LogP contribution < -0.4 is 5.32 Å². The molecule has 14 heavy (non-hydrogen) atoms. The lowest BCUT2D eigenvalue weighted by Crippen LogP contribution is -2.26. The summed E-state index contributed by atoms with van der Waals surface area (Å²) < 4.78 is 0. The standard InChI is InChI=1S/C11H22N2S/c1-5-9-7-14-10(13-9)12-8-11(3,4)6-2/h9H,5-8H2,1-4H3,(H,12,13). The van der Waals surface area contributed by atoms with E-state index in [0.717, 1.165) is 11.7 Å². The van der Waals surface area contributed by atoms with Gasteiger partial charge in [-0.05, 0) is 18.3 Å². The van der Waals surface area contributed by atoms with Gasteiger partial charge in [0.15, 0.2) is 5.17 Å². The van der Waals surface area contributed by atoms with E-state index in [-0.39, 0.29) is 0 Å². The lowest BCUT2D eigenvalue weighted by Gasteiger charge is -2.19. The molecule has 1 fully saturated rings. The van der Waals surface area contributed by atoms with Gasteiger partial charge < -0.3 is 5.32 Å². The Hall–Kier alpha value is -0.180. The molecule has 2 nitrogen and oxygen atoms in total. The zero-order chi connectivity index (χ0) is 10.6. The number of aliphatic imine (C=N–C) groups is 1. The van der Waals surface area contributed by atoms with E-state index in [0.29, 0.717) is 11.5 Å². The van der Waals surface area contributed by atoms with E-state index in [1.807, 2.05) is 11.8 Å². The fourth-order valence-electron chi connectivity index (χ4n) is 1.15. The van der Waals surface area contributed by atoms with Gasteiger partial charge in [0.25, 0.3) is 0 Å². The first-order chi connectivity index (χ1) is 6.57. The predicted octanol–water partition coefficient (Wildman–Crippen LogP) is 2.89. The molecule has 1 heterocycles. The molecule has 1 atom stereocenters. The maximum absolute atomic E-state index is 4.63. The zero-order valence-electron chi connectivity index (χ0n) is 9.76.